The summed E-state index contributed by atoms with van der Waals surface area (Å²) in [6, 6.07) is 14.8. The van der Waals surface area contributed by atoms with Crippen LogP contribution in [0.25, 0.3) is 0 Å². The molecule has 134 valence electrons. The van der Waals surface area contributed by atoms with Crippen molar-refractivity contribution in [3.05, 3.63) is 69.7 Å². The first-order valence-electron chi connectivity index (χ1n) is 8.41. The Kier molecular flexibility index (Phi) is 5.52. The fraction of sp³-hybridized carbons (Fsp3) is 0.250. The maximum atomic E-state index is 12.4. The topological polar surface area (TPSA) is 57.7 Å². The quantitative estimate of drug-likeness (QED) is 0.679. The highest BCUT2D eigenvalue weighted by atomic mass is 79.9. The maximum absolute atomic E-state index is 12.4. The van der Waals surface area contributed by atoms with E-state index in [9.17, 15) is 14.4 Å². The standard InChI is InChI=1S/C20H19BrN2O3/c1-22(13-14-6-3-2-4-7-14)18(24)8-5-11-23-19(25)16-10-9-15(21)12-17(16)20(23)26/h2-4,6-7,9-10,12H,5,8,11,13H2,1H3. The van der Waals surface area contributed by atoms with Gasteiger partial charge in [0.05, 0.1) is 11.1 Å². The SMILES string of the molecule is CN(Cc1ccccc1)C(=O)CCCN1C(=O)c2ccc(Br)cc2C1=O. The summed E-state index contributed by atoms with van der Waals surface area (Å²) < 4.78 is 0.761. The van der Waals surface area contributed by atoms with Crippen LogP contribution in [-0.2, 0) is 11.3 Å². The van der Waals surface area contributed by atoms with Gasteiger partial charge in [0.25, 0.3) is 11.8 Å². The molecule has 0 unspecified atom stereocenters. The lowest BCUT2D eigenvalue weighted by Gasteiger charge is -2.18. The molecule has 0 N–H and O–H groups in total. The van der Waals surface area contributed by atoms with E-state index in [1.54, 1.807) is 30.1 Å². The van der Waals surface area contributed by atoms with Gasteiger partial charge in [-0.3, -0.25) is 19.3 Å². The number of benzene rings is 2. The van der Waals surface area contributed by atoms with Crippen molar-refractivity contribution in [2.75, 3.05) is 13.6 Å². The summed E-state index contributed by atoms with van der Waals surface area (Å²) in [7, 11) is 1.76. The second-order valence-corrected chi connectivity index (χ2v) is 7.21. The molecular weight excluding hydrogens is 396 g/mol. The minimum atomic E-state index is -0.295. The number of hydrogen-bond acceptors (Lipinski definition) is 3. The number of carbonyl (C=O) groups excluding carboxylic acids is 3. The molecule has 0 spiro atoms. The van der Waals surface area contributed by atoms with Gasteiger partial charge in [-0.2, -0.15) is 0 Å². The summed E-state index contributed by atoms with van der Waals surface area (Å²) in [4.78, 5) is 39.9. The van der Waals surface area contributed by atoms with E-state index in [0.717, 1.165) is 10.0 Å². The zero-order valence-electron chi connectivity index (χ0n) is 14.4. The molecule has 1 aliphatic rings. The van der Waals surface area contributed by atoms with E-state index in [1.165, 1.54) is 4.90 Å². The highest BCUT2D eigenvalue weighted by Gasteiger charge is 2.35. The molecular formula is C20H19BrN2O3. The number of amides is 3. The fourth-order valence-corrected chi connectivity index (χ4v) is 3.35. The summed E-state index contributed by atoms with van der Waals surface area (Å²) in [6.07, 6.45) is 0.741. The van der Waals surface area contributed by atoms with Crippen LogP contribution in [0.4, 0.5) is 0 Å². The van der Waals surface area contributed by atoms with E-state index in [2.05, 4.69) is 15.9 Å². The van der Waals surface area contributed by atoms with Crippen LogP contribution in [0.5, 0.6) is 0 Å². The van der Waals surface area contributed by atoms with E-state index in [-0.39, 0.29) is 24.3 Å². The molecule has 0 radical (unpaired) electrons. The van der Waals surface area contributed by atoms with E-state index in [4.69, 9.17) is 0 Å². The van der Waals surface area contributed by atoms with Gasteiger partial charge >= 0.3 is 0 Å². The summed E-state index contributed by atoms with van der Waals surface area (Å²) in [5, 5.41) is 0. The number of rotatable bonds is 6. The zero-order chi connectivity index (χ0) is 18.7. The first kappa shape index (κ1) is 18.3. The molecule has 3 amide bonds. The van der Waals surface area contributed by atoms with Gasteiger partial charge < -0.3 is 4.90 Å². The van der Waals surface area contributed by atoms with Gasteiger partial charge in [0, 0.05) is 31.0 Å². The van der Waals surface area contributed by atoms with E-state index in [0.29, 0.717) is 30.5 Å². The van der Waals surface area contributed by atoms with Crippen LogP contribution in [0.3, 0.4) is 0 Å². The minimum absolute atomic E-state index is 0.00629. The lowest BCUT2D eigenvalue weighted by Crippen LogP contribution is -2.32. The molecule has 0 bridgehead atoms. The summed E-state index contributed by atoms with van der Waals surface area (Å²) in [5.41, 5.74) is 1.90. The van der Waals surface area contributed by atoms with Crippen LogP contribution < -0.4 is 0 Å². The molecule has 1 heterocycles. The Bertz CT molecular complexity index is 851. The normalized spacial score (nSPS) is 13.1. The number of hydrogen-bond donors (Lipinski definition) is 0. The summed E-state index contributed by atoms with van der Waals surface area (Å²) in [5.74, 6) is -0.591. The Morgan fingerprint density at radius 3 is 2.46 bits per heavy atom. The Morgan fingerprint density at radius 2 is 1.73 bits per heavy atom. The van der Waals surface area contributed by atoms with Gasteiger partial charge in [-0.15, -0.1) is 0 Å². The third-order valence-corrected chi connectivity index (χ3v) is 4.89. The third-order valence-electron chi connectivity index (χ3n) is 4.39. The van der Waals surface area contributed by atoms with Crippen molar-refractivity contribution >= 4 is 33.7 Å². The first-order chi connectivity index (χ1) is 12.5. The predicted molar refractivity (Wildman–Crippen MR) is 102 cm³/mol. The highest BCUT2D eigenvalue weighted by molar-refractivity contribution is 9.10. The van der Waals surface area contributed by atoms with Crippen molar-refractivity contribution in [2.45, 2.75) is 19.4 Å². The van der Waals surface area contributed by atoms with E-state index >= 15 is 0 Å². The van der Waals surface area contributed by atoms with E-state index in [1.807, 2.05) is 30.3 Å². The van der Waals surface area contributed by atoms with Gasteiger partial charge in [0.2, 0.25) is 5.91 Å². The molecule has 6 heteroatoms. The van der Waals surface area contributed by atoms with Crippen molar-refractivity contribution in [1.82, 2.24) is 9.80 Å². The fourth-order valence-electron chi connectivity index (χ4n) is 2.99. The average molecular weight is 415 g/mol. The van der Waals surface area contributed by atoms with Gasteiger partial charge in [0.1, 0.15) is 0 Å². The zero-order valence-corrected chi connectivity index (χ0v) is 16.0. The van der Waals surface area contributed by atoms with Gasteiger partial charge in [-0.1, -0.05) is 46.3 Å². The van der Waals surface area contributed by atoms with Crippen LogP contribution in [0.1, 0.15) is 39.1 Å². The van der Waals surface area contributed by atoms with Crippen LogP contribution in [-0.4, -0.2) is 41.1 Å². The van der Waals surface area contributed by atoms with Crippen LogP contribution >= 0.6 is 15.9 Å². The Morgan fingerprint density at radius 1 is 1.04 bits per heavy atom. The lowest BCUT2D eigenvalue weighted by molar-refractivity contribution is -0.130. The van der Waals surface area contributed by atoms with Crippen molar-refractivity contribution in [2.24, 2.45) is 0 Å². The van der Waals surface area contributed by atoms with Gasteiger partial charge in [0.15, 0.2) is 0 Å². The molecule has 1 aliphatic heterocycles. The third kappa shape index (κ3) is 3.85. The number of halogens is 1. The molecule has 0 saturated heterocycles. The van der Waals surface area contributed by atoms with Crippen molar-refractivity contribution < 1.29 is 14.4 Å². The van der Waals surface area contributed by atoms with Gasteiger partial charge in [-0.05, 0) is 30.2 Å². The number of carbonyl (C=O) groups is 3. The van der Waals surface area contributed by atoms with Crippen molar-refractivity contribution in [3.63, 3.8) is 0 Å². The second-order valence-electron chi connectivity index (χ2n) is 6.29. The largest absolute Gasteiger partial charge is 0.341 e. The molecule has 26 heavy (non-hydrogen) atoms. The smallest absolute Gasteiger partial charge is 0.261 e. The predicted octanol–water partition coefficient (Wildman–Crippen LogP) is 3.48. The lowest BCUT2D eigenvalue weighted by atomic mass is 10.1. The highest BCUT2D eigenvalue weighted by Crippen LogP contribution is 2.26. The molecule has 3 rings (SSSR count). The summed E-state index contributed by atoms with van der Waals surface area (Å²) in [6.45, 7) is 0.787. The molecule has 0 saturated carbocycles. The monoisotopic (exact) mass is 414 g/mol. The molecule has 0 atom stereocenters. The van der Waals surface area contributed by atoms with Crippen molar-refractivity contribution in [3.8, 4) is 0 Å². The summed E-state index contributed by atoms with van der Waals surface area (Å²) >= 11 is 3.31. The van der Waals surface area contributed by atoms with Crippen LogP contribution in [0.15, 0.2) is 53.0 Å². The van der Waals surface area contributed by atoms with Gasteiger partial charge in [-0.25, -0.2) is 0 Å². The van der Waals surface area contributed by atoms with Crippen molar-refractivity contribution in [1.29, 1.82) is 0 Å². The Balaban J connectivity index is 1.53. The van der Waals surface area contributed by atoms with E-state index < -0.39 is 0 Å². The molecule has 0 aromatic heterocycles. The van der Waals surface area contributed by atoms with Crippen LogP contribution in [0, 0.1) is 0 Å². The number of imide groups is 1. The minimum Gasteiger partial charge on any atom is -0.341 e. The molecule has 0 fully saturated rings. The molecule has 2 aromatic carbocycles. The second kappa shape index (κ2) is 7.83. The molecule has 0 aliphatic carbocycles. The first-order valence-corrected chi connectivity index (χ1v) is 9.20. The Labute approximate surface area is 160 Å². The number of fused-ring (bicyclic) bond motifs is 1. The molecule has 2 aromatic rings. The molecule has 5 nitrogen and oxygen atoms in total. The van der Waals surface area contributed by atoms with Crippen LogP contribution in [0.2, 0.25) is 0 Å². The Hall–Kier alpha value is -2.47. The average Bonchev–Trinajstić information content (AvgIpc) is 2.86. The number of nitrogens with zero attached hydrogens (tertiary/aromatic N) is 2. The maximum Gasteiger partial charge on any atom is 0.261 e.